The topological polar surface area (TPSA) is 47.3 Å². The lowest BCUT2D eigenvalue weighted by atomic mass is 10.1. The van der Waals surface area contributed by atoms with Crippen molar-refractivity contribution >= 4 is 22.6 Å². The van der Waals surface area contributed by atoms with Crippen LogP contribution in [0.5, 0.6) is 5.75 Å². The zero-order chi connectivity index (χ0) is 18.6. The third-order valence-electron chi connectivity index (χ3n) is 4.45. The minimum atomic E-state index is -0.807. The molecule has 1 aromatic heterocycles. The number of fused-ring (bicyclic) bond motifs is 1. The fourth-order valence-electron chi connectivity index (χ4n) is 3.13. The van der Waals surface area contributed by atoms with Gasteiger partial charge in [-0.15, -0.1) is 0 Å². The van der Waals surface area contributed by atoms with Gasteiger partial charge in [0, 0.05) is 0 Å². The Morgan fingerprint density at radius 1 is 0.926 bits per heavy atom. The summed E-state index contributed by atoms with van der Waals surface area (Å²) in [6, 6.07) is 24.8. The molecule has 0 saturated heterocycles. The lowest BCUT2D eigenvalue weighted by Gasteiger charge is -2.15. The van der Waals surface area contributed by atoms with Gasteiger partial charge in [-0.05, 0) is 29.8 Å². The van der Waals surface area contributed by atoms with Gasteiger partial charge in [0.2, 0.25) is 0 Å². The number of aliphatic hydroxyl groups is 1. The minimum absolute atomic E-state index is 0.415. The fourth-order valence-corrected chi connectivity index (χ4v) is 3.32. The van der Waals surface area contributed by atoms with Crippen LogP contribution < -0.4 is 4.74 Å². The largest absolute Gasteiger partial charge is 0.490 e. The number of benzene rings is 3. The first-order chi connectivity index (χ1) is 13.2. The van der Waals surface area contributed by atoms with E-state index in [1.807, 2.05) is 77.4 Å². The second-order valence-corrected chi connectivity index (χ2v) is 6.61. The number of ether oxygens (including phenoxy) is 1. The molecule has 0 bridgehead atoms. The number of aliphatic hydroxyl groups excluding tert-OH is 1. The number of hydrogen-bond acceptors (Lipinski definition) is 3. The first kappa shape index (κ1) is 17.6. The Labute approximate surface area is 162 Å². The van der Waals surface area contributed by atoms with Crippen molar-refractivity contribution in [3.63, 3.8) is 0 Å². The molecule has 0 unspecified atom stereocenters. The predicted octanol–water partition coefficient (Wildman–Crippen LogP) is 4.85. The standard InChI is InChI=1S/C22H19ClN2O2/c23-17-10-4-7-13-20(17)27-15-14-25-19-12-6-5-11-18(19)24-22(25)21(26)16-8-2-1-3-9-16/h1-13,21,26H,14-15H2/t21-/m1/s1. The van der Waals surface area contributed by atoms with Gasteiger partial charge in [0.25, 0.3) is 0 Å². The highest BCUT2D eigenvalue weighted by atomic mass is 35.5. The molecule has 0 aliphatic heterocycles. The van der Waals surface area contributed by atoms with Gasteiger partial charge in [-0.2, -0.15) is 0 Å². The number of aromatic nitrogens is 2. The van der Waals surface area contributed by atoms with E-state index in [1.165, 1.54) is 0 Å². The summed E-state index contributed by atoms with van der Waals surface area (Å²) in [4.78, 5) is 4.66. The summed E-state index contributed by atoms with van der Waals surface area (Å²) in [5, 5.41) is 11.5. The molecule has 1 heterocycles. The molecule has 4 rings (SSSR count). The van der Waals surface area contributed by atoms with Crippen molar-refractivity contribution < 1.29 is 9.84 Å². The summed E-state index contributed by atoms with van der Waals surface area (Å²) in [5.74, 6) is 1.25. The Hall–Kier alpha value is -2.82. The highest BCUT2D eigenvalue weighted by molar-refractivity contribution is 6.32. The summed E-state index contributed by atoms with van der Waals surface area (Å²) >= 11 is 6.16. The van der Waals surface area contributed by atoms with Crippen LogP contribution in [0.3, 0.4) is 0 Å². The minimum Gasteiger partial charge on any atom is -0.490 e. The van der Waals surface area contributed by atoms with Crippen LogP contribution in [0.25, 0.3) is 11.0 Å². The van der Waals surface area contributed by atoms with E-state index in [1.54, 1.807) is 6.07 Å². The third-order valence-corrected chi connectivity index (χ3v) is 4.77. The van der Waals surface area contributed by atoms with Gasteiger partial charge in [0.1, 0.15) is 24.3 Å². The number of rotatable bonds is 6. The van der Waals surface area contributed by atoms with Crippen molar-refractivity contribution in [3.8, 4) is 5.75 Å². The molecule has 0 saturated carbocycles. The van der Waals surface area contributed by atoms with Crippen LogP contribution >= 0.6 is 11.6 Å². The van der Waals surface area contributed by atoms with Crippen molar-refractivity contribution in [1.29, 1.82) is 0 Å². The summed E-state index contributed by atoms with van der Waals surface area (Å²) in [5.41, 5.74) is 2.62. The molecule has 5 heteroatoms. The van der Waals surface area contributed by atoms with Gasteiger partial charge in [0.15, 0.2) is 0 Å². The molecule has 0 aliphatic carbocycles. The molecule has 0 radical (unpaired) electrons. The molecule has 0 amide bonds. The lowest BCUT2D eigenvalue weighted by molar-refractivity contribution is 0.201. The molecule has 3 aromatic carbocycles. The zero-order valence-electron chi connectivity index (χ0n) is 14.6. The molecule has 1 atom stereocenters. The summed E-state index contributed by atoms with van der Waals surface area (Å²) in [6.45, 7) is 0.962. The van der Waals surface area contributed by atoms with Gasteiger partial charge in [-0.25, -0.2) is 4.98 Å². The van der Waals surface area contributed by atoms with E-state index in [0.29, 0.717) is 29.7 Å². The second-order valence-electron chi connectivity index (χ2n) is 6.20. The van der Waals surface area contributed by atoms with Crippen LogP contribution in [-0.2, 0) is 6.54 Å². The van der Waals surface area contributed by atoms with E-state index >= 15 is 0 Å². The van der Waals surface area contributed by atoms with Gasteiger partial charge in [-0.1, -0.05) is 66.2 Å². The smallest absolute Gasteiger partial charge is 0.143 e. The third kappa shape index (κ3) is 3.68. The normalized spacial score (nSPS) is 12.2. The Morgan fingerprint density at radius 3 is 2.44 bits per heavy atom. The molecule has 0 fully saturated rings. The maximum Gasteiger partial charge on any atom is 0.143 e. The average molecular weight is 379 g/mol. The van der Waals surface area contributed by atoms with Crippen LogP contribution in [0.15, 0.2) is 78.9 Å². The number of hydrogen-bond donors (Lipinski definition) is 1. The Morgan fingerprint density at radius 2 is 1.63 bits per heavy atom. The van der Waals surface area contributed by atoms with Crippen molar-refractivity contribution in [2.75, 3.05) is 6.61 Å². The maximum absolute atomic E-state index is 10.9. The molecule has 27 heavy (non-hydrogen) atoms. The van der Waals surface area contributed by atoms with Crippen molar-refractivity contribution in [3.05, 3.63) is 95.3 Å². The van der Waals surface area contributed by atoms with Crippen molar-refractivity contribution in [1.82, 2.24) is 9.55 Å². The van der Waals surface area contributed by atoms with E-state index in [2.05, 4.69) is 4.98 Å². The first-order valence-electron chi connectivity index (χ1n) is 8.79. The zero-order valence-corrected chi connectivity index (χ0v) is 15.4. The highest BCUT2D eigenvalue weighted by Gasteiger charge is 2.19. The Balaban J connectivity index is 1.63. The quantitative estimate of drug-likeness (QED) is 0.521. The molecule has 0 aliphatic rings. The molecular formula is C22H19ClN2O2. The van der Waals surface area contributed by atoms with E-state index in [4.69, 9.17) is 16.3 Å². The van der Waals surface area contributed by atoms with E-state index < -0.39 is 6.10 Å². The predicted molar refractivity (Wildman–Crippen MR) is 107 cm³/mol. The van der Waals surface area contributed by atoms with Crippen molar-refractivity contribution in [2.45, 2.75) is 12.6 Å². The van der Waals surface area contributed by atoms with Crippen LogP contribution in [0.2, 0.25) is 5.02 Å². The Kier molecular flexibility index (Phi) is 5.10. The molecular weight excluding hydrogens is 360 g/mol. The number of nitrogens with zero attached hydrogens (tertiary/aromatic N) is 2. The van der Waals surface area contributed by atoms with Crippen LogP contribution in [0.4, 0.5) is 0 Å². The molecule has 1 N–H and O–H groups in total. The van der Waals surface area contributed by atoms with Crippen molar-refractivity contribution in [2.24, 2.45) is 0 Å². The van der Waals surface area contributed by atoms with Crippen LogP contribution in [-0.4, -0.2) is 21.3 Å². The number of halogens is 1. The second kappa shape index (κ2) is 7.82. The number of para-hydroxylation sites is 3. The monoisotopic (exact) mass is 378 g/mol. The summed E-state index contributed by atoms with van der Waals surface area (Å²) < 4.78 is 7.84. The Bertz CT molecular complexity index is 1050. The van der Waals surface area contributed by atoms with Crippen LogP contribution in [0, 0.1) is 0 Å². The van der Waals surface area contributed by atoms with Gasteiger partial charge >= 0.3 is 0 Å². The molecule has 136 valence electrons. The number of imidazole rings is 1. The van der Waals surface area contributed by atoms with Crippen LogP contribution in [0.1, 0.15) is 17.5 Å². The van der Waals surface area contributed by atoms with E-state index in [9.17, 15) is 5.11 Å². The van der Waals surface area contributed by atoms with Gasteiger partial charge < -0.3 is 14.4 Å². The SMILES string of the molecule is O[C@H](c1ccccc1)c1nc2ccccc2n1CCOc1ccccc1Cl. The van der Waals surface area contributed by atoms with E-state index in [0.717, 1.165) is 16.6 Å². The fraction of sp³-hybridized carbons (Fsp3) is 0.136. The van der Waals surface area contributed by atoms with E-state index in [-0.39, 0.29) is 0 Å². The maximum atomic E-state index is 10.9. The molecule has 4 nitrogen and oxygen atoms in total. The highest BCUT2D eigenvalue weighted by Crippen LogP contribution is 2.26. The molecule has 0 spiro atoms. The molecule has 4 aromatic rings. The first-order valence-corrected chi connectivity index (χ1v) is 9.17. The summed E-state index contributed by atoms with van der Waals surface area (Å²) in [7, 11) is 0. The average Bonchev–Trinajstić information content (AvgIpc) is 3.08. The lowest BCUT2D eigenvalue weighted by Crippen LogP contribution is -2.14. The van der Waals surface area contributed by atoms with Gasteiger partial charge in [0.05, 0.1) is 22.6 Å². The van der Waals surface area contributed by atoms with Gasteiger partial charge in [-0.3, -0.25) is 0 Å². The summed E-state index contributed by atoms with van der Waals surface area (Å²) in [6.07, 6.45) is -0.807.